The van der Waals surface area contributed by atoms with Crippen molar-refractivity contribution in [1.82, 2.24) is 14.9 Å². The number of alkyl halides is 3. The van der Waals surface area contributed by atoms with Crippen LogP contribution in [0.3, 0.4) is 0 Å². The SMILES string of the molecule is CN1Cc2cnc3ccc(-c4ccc(N)c(C=N)c4)nc3c2N(c2cccc(C(F)(F)F)c2)C1=O. The molecular weight excluding hydrogens is 457 g/mol. The maximum absolute atomic E-state index is 13.4. The summed E-state index contributed by atoms with van der Waals surface area (Å²) in [5, 5.41) is 7.56. The van der Waals surface area contributed by atoms with Crippen LogP contribution < -0.4 is 10.6 Å². The zero-order chi connectivity index (χ0) is 24.9. The molecule has 0 unspecified atom stereocenters. The summed E-state index contributed by atoms with van der Waals surface area (Å²) in [5.41, 5.74) is 9.26. The van der Waals surface area contributed by atoms with Gasteiger partial charge in [-0.15, -0.1) is 0 Å². The molecule has 3 N–H and O–H groups in total. The average Bonchev–Trinajstić information content (AvgIpc) is 2.84. The maximum Gasteiger partial charge on any atom is 0.416 e. The number of pyridine rings is 2. The van der Waals surface area contributed by atoms with Gasteiger partial charge in [-0.1, -0.05) is 12.1 Å². The lowest BCUT2D eigenvalue weighted by molar-refractivity contribution is -0.137. The Hall–Kier alpha value is -4.47. The Balaban J connectivity index is 1.74. The smallest absolute Gasteiger partial charge is 0.398 e. The number of fused-ring (bicyclic) bond motifs is 3. The summed E-state index contributed by atoms with van der Waals surface area (Å²) in [7, 11) is 1.58. The van der Waals surface area contributed by atoms with Gasteiger partial charge < -0.3 is 16.0 Å². The first kappa shape index (κ1) is 22.3. The first-order valence-electron chi connectivity index (χ1n) is 10.6. The van der Waals surface area contributed by atoms with E-state index >= 15 is 0 Å². The Morgan fingerprint density at radius 2 is 1.91 bits per heavy atom. The third-order valence-electron chi connectivity index (χ3n) is 5.88. The topological polar surface area (TPSA) is 99.2 Å². The second kappa shape index (κ2) is 8.08. The standard InChI is InChI=1S/C25H19F3N6O/c1-33-13-16-12-31-21-8-7-20(14-5-6-19(30)15(9-14)11-29)32-22(21)23(16)34(24(33)35)18-4-2-3-17(10-18)25(26,27)28/h2-12,29H,13,30H2,1H3. The predicted molar refractivity (Wildman–Crippen MR) is 128 cm³/mol. The van der Waals surface area contributed by atoms with Gasteiger partial charge in [0.1, 0.15) is 5.52 Å². The molecule has 7 nitrogen and oxygen atoms in total. The molecule has 0 radical (unpaired) electrons. The maximum atomic E-state index is 13.4. The quantitative estimate of drug-likeness (QED) is 0.297. The molecule has 0 fully saturated rings. The van der Waals surface area contributed by atoms with Crippen molar-refractivity contribution in [3.05, 3.63) is 77.5 Å². The van der Waals surface area contributed by atoms with Gasteiger partial charge in [0.25, 0.3) is 0 Å². The summed E-state index contributed by atoms with van der Waals surface area (Å²) < 4.78 is 40.3. The predicted octanol–water partition coefficient (Wildman–Crippen LogP) is 5.60. The van der Waals surface area contributed by atoms with Crippen LogP contribution in [0.2, 0.25) is 0 Å². The second-order valence-electron chi connectivity index (χ2n) is 8.21. The highest BCUT2D eigenvalue weighted by Gasteiger charge is 2.35. The van der Waals surface area contributed by atoms with Crippen molar-refractivity contribution in [3.8, 4) is 11.3 Å². The highest BCUT2D eigenvalue weighted by atomic mass is 19.4. The second-order valence-corrected chi connectivity index (χ2v) is 8.21. The molecule has 0 spiro atoms. The van der Waals surface area contributed by atoms with Crippen LogP contribution in [0.5, 0.6) is 0 Å². The van der Waals surface area contributed by atoms with Gasteiger partial charge in [0, 0.05) is 41.8 Å². The minimum absolute atomic E-state index is 0.0795. The van der Waals surface area contributed by atoms with E-state index in [4.69, 9.17) is 16.1 Å². The fraction of sp³-hybridized carbons (Fsp3) is 0.120. The number of anilines is 3. The number of benzene rings is 2. The number of aromatic nitrogens is 2. The minimum atomic E-state index is -4.56. The Labute approximate surface area is 198 Å². The Kier molecular flexibility index (Phi) is 5.16. The number of nitrogen functional groups attached to an aromatic ring is 1. The summed E-state index contributed by atoms with van der Waals surface area (Å²) in [6, 6.07) is 12.8. The van der Waals surface area contributed by atoms with Crippen LogP contribution in [-0.2, 0) is 12.7 Å². The highest BCUT2D eigenvalue weighted by molar-refractivity contribution is 6.08. The number of nitrogens with zero attached hydrogens (tertiary/aromatic N) is 4. The van der Waals surface area contributed by atoms with Crippen LogP contribution >= 0.6 is 0 Å². The van der Waals surface area contributed by atoms with Crippen molar-refractivity contribution in [1.29, 1.82) is 5.41 Å². The molecule has 2 aromatic heterocycles. The molecule has 0 bridgehead atoms. The molecule has 5 rings (SSSR count). The zero-order valence-corrected chi connectivity index (χ0v) is 18.5. The number of rotatable bonds is 3. The molecule has 3 heterocycles. The van der Waals surface area contributed by atoms with Gasteiger partial charge >= 0.3 is 12.2 Å². The lowest BCUT2D eigenvalue weighted by Gasteiger charge is -2.35. The third kappa shape index (κ3) is 3.82. The fourth-order valence-electron chi connectivity index (χ4n) is 4.13. The zero-order valence-electron chi connectivity index (χ0n) is 18.5. The van der Waals surface area contributed by atoms with Crippen molar-refractivity contribution in [2.24, 2.45) is 0 Å². The summed E-state index contributed by atoms with van der Waals surface area (Å²) in [5.74, 6) is 0. The largest absolute Gasteiger partial charge is 0.416 e. The monoisotopic (exact) mass is 476 g/mol. The van der Waals surface area contributed by atoms with Crippen LogP contribution in [0.1, 0.15) is 16.7 Å². The first-order chi connectivity index (χ1) is 16.7. The number of carbonyl (C=O) groups is 1. The van der Waals surface area contributed by atoms with E-state index in [9.17, 15) is 18.0 Å². The van der Waals surface area contributed by atoms with E-state index in [1.165, 1.54) is 21.9 Å². The molecule has 176 valence electrons. The molecule has 1 aliphatic rings. The lowest BCUT2D eigenvalue weighted by atomic mass is 10.0. The summed E-state index contributed by atoms with van der Waals surface area (Å²) in [6.45, 7) is 0.234. The number of hydrogen-bond acceptors (Lipinski definition) is 5. The number of urea groups is 1. The molecule has 10 heteroatoms. The molecule has 35 heavy (non-hydrogen) atoms. The number of nitrogens with one attached hydrogen (secondary N) is 1. The van der Waals surface area contributed by atoms with Gasteiger partial charge in [0.2, 0.25) is 0 Å². The molecular formula is C25H19F3N6O. The molecule has 2 aromatic carbocycles. The molecule has 0 aliphatic carbocycles. The number of amides is 2. The fourth-order valence-corrected chi connectivity index (χ4v) is 4.13. The van der Waals surface area contributed by atoms with Crippen molar-refractivity contribution < 1.29 is 18.0 Å². The molecule has 2 amide bonds. The van der Waals surface area contributed by atoms with Gasteiger partial charge in [-0.2, -0.15) is 13.2 Å². The van der Waals surface area contributed by atoms with E-state index in [0.717, 1.165) is 18.3 Å². The number of halogens is 3. The van der Waals surface area contributed by atoms with E-state index in [-0.39, 0.29) is 12.2 Å². The van der Waals surface area contributed by atoms with Gasteiger partial charge in [-0.3, -0.25) is 9.88 Å². The summed E-state index contributed by atoms with van der Waals surface area (Å²) in [6.07, 6.45) is -1.80. The molecule has 0 saturated heterocycles. The van der Waals surface area contributed by atoms with Crippen molar-refractivity contribution in [2.75, 3.05) is 17.7 Å². The number of carbonyl (C=O) groups excluding carboxylic acids is 1. The van der Waals surface area contributed by atoms with E-state index in [1.54, 1.807) is 43.6 Å². The van der Waals surface area contributed by atoms with Crippen molar-refractivity contribution in [2.45, 2.75) is 12.7 Å². The molecule has 1 aliphatic heterocycles. The van der Waals surface area contributed by atoms with E-state index in [1.807, 2.05) is 0 Å². The average molecular weight is 476 g/mol. The molecule has 0 saturated carbocycles. The number of nitrogens with two attached hydrogens (primary N) is 1. The highest BCUT2D eigenvalue weighted by Crippen LogP contribution is 2.41. The van der Waals surface area contributed by atoms with Gasteiger partial charge in [0.15, 0.2) is 0 Å². The first-order valence-corrected chi connectivity index (χ1v) is 10.6. The van der Waals surface area contributed by atoms with Crippen LogP contribution in [0.15, 0.2) is 60.8 Å². The number of hydrogen-bond donors (Lipinski definition) is 2. The normalized spacial score (nSPS) is 13.8. The summed E-state index contributed by atoms with van der Waals surface area (Å²) >= 11 is 0. The van der Waals surface area contributed by atoms with Crippen molar-refractivity contribution >= 4 is 40.3 Å². The summed E-state index contributed by atoms with van der Waals surface area (Å²) in [4.78, 5) is 25.1. The van der Waals surface area contributed by atoms with Crippen molar-refractivity contribution in [3.63, 3.8) is 0 Å². The Morgan fingerprint density at radius 1 is 1.11 bits per heavy atom. The lowest BCUT2D eigenvalue weighted by Crippen LogP contribution is -2.42. The molecule has 4 aromatic rings. The van der Waals surface area contributed by atoms with Gasteiger partial charge in [-0.25, -0.2) is 9.78 Å². The van der Waals surface area contributed by atoms with E-state index in [0.29, 0.717) is 44.8 Å². The van der Waals surface area contributed by atoms with Gasteiger partial charge in [0.05, 0.1) is 34.7 Å². The van der Waals surface area contributed by atoms with Crippen LogP contribution in [0.4, 0.5) is 35.0 Å². The Bertz CT molecular complexity index is 1500. The van der Waals surface area contributed by atoms with Crippen LogP contribution in [0, 0.1) is 5.41 Å². The minimum Gasteiger partial charge on any atom is -0.398 e. The van der Waals surface area contributed by atoms with Crippen LogP contribution in [-0.4, -0.2) is 34.2 Å². The van der Waals surface area contributed by atoms with E-state index < -0.39 is 17.8 Å². The van der Waals surface area contributed by atoms with Crippen LogP contribution in [0.25, 0.3) is 22.3 Å². The third-order valence-corrected chi connectivity index (χ3v) is 5.88. The van der Waals surface area contributed by atoms with E-state index in [2.05, 4.69) is 4.98 Å². The Morgan fingerprint density at radius 3 is 2.66 bits per heavy atom. The molecule has 0 atom stereocenters. The van der Waals surface area contributed by atoms with Gasteiger partial charge in [-0.05, 0) is 42.5 Å².